The van der Waals surface area contributed by atoms with E-state index in [4.69, 9.17) is 14.5 Å². The second kappa shape index (κ2) is 9.90. The van der Waals surface area contributed by atoms with Crippen molar-refractivity contribution in [3.63, 3.8) is 0 Å². The molecule has 1 aliphatic heterocycles. The maximum atomic E-state index is 6.04. The first-order valence-electron chi connectivity index (χ1n) is 10.7. The van der Waals surface area contributed by atoms with Crippen LogP contribution in [0.15, 0.2) is 4.99 Å². The van der Waals surface area contributed by atoms with Gasteiger partial charge < -0.3 is 20.1 Å². The van der Waals surface area contributed by atoms with Crippen LogP contribution in [0.25, 0.3) is 0 Å². The Hall–Kier alpha value is -0.850. The molecule has 3 fully saturated rings. The number of guanidine groups is 1. The van der Waals surface area contributed by atoms with Crippen molar-refractivity contribution in [2.24, 2.45) is 10.4 Å². The normalized spacial score (nSPS) is 28.9. The minimum atomic E-state index is 0.347. The van der Waals surface area contributed by atoms with E-state index in [-0.39, 0.29) is 0 Å². The lowest BCUT2D eigenvalue weighted by atomic mass is 9.60. The van der Waals surface area contributed by atoms with Crippen LogP contribution in [0.3, 0.4) is 0 Å². The van der Waals surface area contributed by atoms with Gasteiger partial charge in [0.1, 0.15) is 0 Å². The van der Waals surface area contributed by atoms with Gasteiger partial charge >= 0.3 is 0 Å². The van der Waals surface area contributed by atoms with Crippen LogP contribution >= 0.6 is 0 Å². The summed E-state index contributed by atoms with van der Waals surface area (Å²) in [6.07, 6.45) is 7.94. The third-order valence-electron chi connectivity index (χ3n) is 6.35. The van der Waals surface area contributed by atoms with E-state index in [1.807, 2.05) is 0 Å². The summed E-state index contributed by atoms with van der Waals surface area (Å²) in [7, 11) is 0. The largest absolute Gasteiger partial charge is 0.379 e. The number of hydrogen-bond acceptors (Lipinski definition) is 4. The fourth-order valence-electron chi connectivity index (χ4n) is 4.88. The van der Waals surface area contributed by atoms with Gasteiger partial charge in [-0.05, 0) is 39.5 Å². The molecule has 0 aromatic rings. The van der Waals surface area contributed by atoms with Crippen LogP contribution in [-0.4, -0.2) is 75.5 Å². The summed E-state index contributed by atoms with van der Waals surface area (Å²) in [5.74, 6) is 0.987. The molecular weight excluding hydrogens is 328 g/mol. The molecule has 2 atom stereocenters. The monoisotopic (exact) mass is 366 g/mol. The highest BCUT2D eigenvalue weighted by Crippen LogP contribution is 2.54. The van der Waals surface area contributed by atoms with E-state index in [9.17, 15) is 0 Å². The van der Waals surface area contributed by atoms with Gasteiger partial charge in [-0.1, -0.05) is 12.8 Å². The lowest BCUT2D eigenvalue weighted by Crippen LogP contribution is -2.65. The van der Waals surface area contributed by atoms with Gasteiger partial charge in [0.25, 0.3) is 0 Å². The average molecular weight is 367 g/mol. The molecule has 6 heteroatoms. The Bertz CT molecular complexity index is 445. The van der Waals surface area contributed by atoms with E-state index in [1.165, 1.54) is 25.7 Å². The maximum Gasteiger partial charge on any atom is 0.191 e. The summed E-state index contributed by atoms with van der Waals surface area (Å²) in [5.41, 5.74) is 0.347. The quantitative estimate of drug-likeness (QED) is 0.391. The molecule has 1 spiro atoms. The number of rotatable bonds is 8. The van der Waals surface area contributed by atoms with Crippen molar-refractivity contribution in [1.29, 1.82) is 0 Å². The SMILES string of the molecule is CCNC(=NCCCN1CCOCC1)NC1CC(OCC)C12CCCC2. The number of nitrogens with zero attached hydrogens (tertiary/aromatic N) is 2. The third kappa shape index (κ3) is 4.70. The van der Waals surface area contributed by atoms with Gasteiger partial charge in [0, 0.05) is 50.8 Å². The molecule has 2 N–H and O–H groups in total. The van der Waals surface area contributed by atoms with Crippen molar-refractivity contribution in [2.45, 2.75) is 64.5 Å². The van der Waals surface area contributed by atoms with Crippen molar-refractivity contribution >= 4 is 5.96 Å². The van der Waals surface area contributed by atoms with E-state index < -0.39 is 0 Å². The minimum absolute atomic E-state index is 0.347. The number of morpholine rings is 1. The summed E-state index contributed by atoms with van der Waals surface area (Å²) in [5, 5.41) is 7.18. The van der Waals surface area contributed by atoms with Crippen LogP contribution in [0.2, 0.25) is 0 Å². The van der Waals surface area contributed by atoms with E-state index in [0.717, 1.165) is 71.3 Å². The molecule has 2 unspecified atom stereocenters. The standard InChI is InChI=1S/C20H38N4O2/c1-3-21-19(22-10-7-11-24-12-14-25-15-13-24)23-17-16-18(26-4-2)20(17)8-5-6-9-20/h17-18H,3-16H2,1-2H3,(H2,21,22,23). The number of aliphatic imine (C=N–C) groups is 1. The maximum absolute atomic E-state index is 6.04. The highest BCUT2D eigenvalue weighted by Gasteiger charge is 2.56. The molecule has 2 aliphatic carbocycles. The van der Waals surface area contributed by atoms with Gasteiger partial charge in [0.2, 0.25) is 0 Å². The summed E-state index contributed by atoms with van der Waals surface area (Å²) >= 11 is 0. The molecule has 0 amide bonds. The van der Waals surface area contributed by atoms with Crippen LogP contribution in [0.1, 0.15) is 52.4 Å². The van der Waals surface area contributed by atoms with Crippen LogP contribution < -0.4 is 10.6 Å². The highest BCUT2D eigenvalue weighted by molar-refractivity contribution is 5.80. The van der Waals surface area contributed by atoms with E-state index in [2.05, 4.69) is 29.4 Å². The minimum Gasteiger partial charge on any atom is -0.379 e. The molecule has 0 bridgehead atoms. The molecule has 26 heavy (non-hydrogen) atoms. The zero-order chi connectivity index (χ0) is 18.2. The lowest BCUT2D eigenvalue weighted by molar-refractivity contribution is -0.125. The Labute approximate surface area is 159 Å². The van der Waals surface area contributed by atoms with Crippen LogP contribution in [0.4, 0.5) is 0 Å². The Kier molecular flexibility index (Phi) is 7.58. The predicted octanol–water partition coefficient (Wildman–Crippen LogP) is 2.00. The third-order valence-corrected chi connectivity index (χ3v) is 6.35. The molecule has 3 aliphatic rings. The van der Waals surface area contributed by atoms with Gasteiger partial charge in [-0.3, -0.25) is 9.89 Å². The topological polar surface area (TPSA) is 58.1 Å². The fourth-order valence-corrected chi connectivity index (χ4v) is 4.88. The number of hydrogen-bond donors (Lipinski definition) is 2. The van der Waals surface area contributed by atoms with Crippen LogP contribution in [0.5, 0.6) is 0 Å². The molecule has 3 rings (SSSR count). The molecule has 0 radical (unpaired) electrons. The van der Waals surface area contributed by atoms with Gasteiger partial charge in [-0.15, -0.1) is 0 Å². The molecule has 2 saturated carbocycles. The molecule has 1 heterocycles. The smallest absolute Gasteiger partial charge is 0.191 e. The Morgan fingerprint density at radius 1 is 1.23 bits per heavy atom. The van der Waals surface area contributed by atoms with Gasteiger partial charge in [0.15, 0.2) is 5.96 Å². The van der Waals surface area contributed by atoms with Crippen molar-refractivity contribution in [3.05, 3.63) is 0 Å². The molecule has 0 aromatic heterocycles. The van der Waals surface area contributed by atoms with Crippen molar-refractivity contribution in [1.82, 2.24) is 15.5 Å². The van der Waals surface area contributed by atoms with Crippen molar-refractivity contribution < 1.29 is 9.47 Å². The Morgan fingerprint density at radius 3 is 2.69 bits per heavy atom. The second-order valence-electron chi connectivity index (χ2n) is 7.89. The van der Waals surface area contributed by atoms with Crippen LogP contribution in [0, 0.1) is 5.41 Å². The summed E-state index contributed by atoms with van der Waals surface area (Å²) in [6.45, 7) is 11.9. The number of ether oxygens (including phenoxy) is 2. The molecule has 0 aromatic carbocycles. The molecular formula is C20H38N4O2. The van der Waals surface area contributed by atoms with Crippen molar-refractivity contribution in [3.8, 4) is 0 Å². The lowest BCUT2D eigenvalue weighted by Gasteiger charge is -2.54. The predicted molar refractivity (Wildman–Crippen MR) is 106 cm³/mol. The summed E-state index contributed by atoms with van der Waals surface area (Å²) in [4.78, 5) is 7.32. The zero-order valence-electron chi connectivity index (χ0n) is 16.8. The first-order chi connectivity index (χ1) is 12.8. The molecule has 150 valence electrons. The highest BCUT2D eigenvalue weighted by atomic mass is 16.5. The number of nitrogens with one attached hydrogen (secondary N) is 2. The first-order valence-corrected chi connectivity index (χ1v) is 10.7. The molecule has 6 nitrogen and oxygen atoms in total. The fraction of sp³-hybridized carbons (Fsp3) is 0.950. The van der Waals surface area contributed by atoms with E-state index in [1.54, 1.807) is 0 Å². The van der Waals surface area contributed by atoms with Crippen molar-refractivity contribution in [2.75, 3.05) is 52.5 Å². The van der Waals surface area contributed by atoms with E-state index in [0.29, 0.717) is 17.6 Å². The van der Waals surface area contributed by atoms with Crippen LogP contribution in [-0.2, 0) is 9.47 Å². The van der Waals surface area contributed by atoms with Gasteiger partial charge in [-0.25, -0.2) is 0 Å². The first kappa shape index (κ1) is 19.9. The summed E-state index contributed by atoms with van der Waals surface area (Å²) in [6, 6.07) is 0.513. The Morgan fingerprint density at radius 2 is 2.00 bits per heavy atom. The average Bonchev–Trinajstić information content (AvgIpc) is 3.18. The molecule has 1 saturated heterocycles. The van der Waals surface area contributed by atoms with E-state index >= 15 is 0 Å². The van der Waals surface area contributed by atoms with Gasteiger partial charge in [-0.2, -0.15) is 0 Å². The Balaban J connectivity index is 1.48. The summed E-state index contributed by atoms with van der Waals surface area (Å²) < 4.78 is 11.4. The second-order valence-corrected chi connectivity index (χ2v) is 7.89. The van der Waals surface area contributed by atoms with Gasteiger partial charge in [0.05, 0.1) is 19.3 Å². The zero-order valence-corrected chi connectivity index (χ0v) is 16.8.